The molecule has 0 aliphatic carbocycles. The molecule has 3 aromatic rings. The summed E-state index contributed by atoms with van der Waals surface area (Å²) >= 11 is 4.74. The van der Waals surface area contributed by atoms with Crippen molar-refractivity contribution < 1.29 is 4.79 Å². The number of halogens is 1. The summed E-state index contributed by atoms with van der Waals surface area (Å²) in [5.74, 6) is 1.23. The van der Waals surface area contributed by atoms with Gasteiger partial charge in [-0.2, -0.15) is 5.10 Å². The van der Waals surface area contributed by atoms with Crippen molar-refractivity contribution in [2.24, 2.45) is 0 Å². The summed E-state index contributed by atoms with van der Waals surface area (Å²) in [6.07, 6.45) is 1.84. The van der Waals surface area contributed by atoms with Crippen LogP contribution >= 0.6 is 27.3 Å². The first kappa shape index (κ1) is 16.6. The normalized spacial score (nSPS) is 10.6. The van der Waals surface area contributed by atoms with E-state index in [9.17, 15) is 4.79 Å². The number of rotatable bonds is 6. The molecule has 0 radical (unpaired) electrons. The van der Waals surface area contributed by atoms with Crippen molar-refractivity contribution >= 4 is 39.0 Å². The Hall–Kier alpha value is -2.26. The molecule has 0 saturated heterocycles. The third-order valence-electron chi connectivity index (χ3n) is 3.12. The smallest absolute Gasteiger partial charge is 0.261 e. The molecule has 9 heteroatoms. The van der Waals surface area contributed by atoms with E-state index in [2.05, 4.69) is 41.9 Å². The summed E-state index contributed by atoms with van der Waals surface area (Å²) in [5, 5.41) is 20.4. The van der Waals surface area contributed by atoms with Crippen molar-refractivity contribution in [2.45, 2.75) is 6.92 Å². The van der Waals surface area contributed by atoms with Crippen LogP contribution in [0.15, 0.2) is 40.3 Å². The first-order chi connectivity index (χ1) is 11.6. The molecule has 0 aliphatic heterocycles. The average molecular weight is 407 g/mol. The number of hydrogen-bond donors (Lipinski definition) is 2. The van der Waals surface area contributed by atoms with E-state index in [0.29, 0.717) is 29.6 Å². The van der Waals surface area contributed by atoms with Crippen LogP contribution in [0.1, 0.15) is 15.4 Å². The van der Waals surface area contributed by atoms with Gasteiger partial charge in [0.25, 0.3) is 5.91 Å². The monoisotopic (exact) mass is 406 g/mol. The van der Waals surface area contributed by atoms with Crippen molar-refractivity contribution in [1.29, 1.82) is 0 Å². The van der Waals surface area contributed by atoms with E-state index in [1.165, 1.54) is 11.3 Å². The van der Waals surface area contributed by atoms with Crippen LogP contribution in [0.2, 0.25) is 0 Å². The zero-order valence-corrected chi connectivity index (χ0v) is 15.3. The third-order valence-corrected chi connectivity index (χ3v) is 4.81. The highest BCUT2D eigenvalue weighted by Crippen LogP contribution is 2.19. The van der Waals surface area contributed by atoms with Crippen molar-refractivity contribution in [3.8, 4) is 5.82 Å². The first-order valence-electron chi connectivity index (χ1n) is 7.24. The van der Waals surface area contributed by atoms with Gasteiger partial charge >= 0.3 is 0 Å². The number of amides is 1. The van der Waals surface area contributed by atoms with Crippen LogP contribution in [-0.4, -0.2) is 39.0 Å². The Kier molecular flexibility index (Phi) is 5.21. The Morgan fingerprint density at radius 2 is 2.17 bits per heavy atom. The molecule has 3 heterocycles. The maximum Gasteiger partial charge on any atom is 0.261 e. The van der Waals surface area contributed by atoms with Crippen molar-refractivity contribution in [1.82, 2.24) is 25.3 Å². The highest BCUT2D eigenvalue weighted by molar-refractivity contribution is 9.10. The van der Waals surface area contributed by atoms with Crippen LogP contribution in [0, 0.1) is 6.92 Å². The van der Waals surface area contributed by atoms with Gasteiger partial charge in [0.1, 0.15) is 5.82 Å². The van der Waals surface area contributed by atoms with Gasteiger partial charge in [-0.3, -0.25) is 4.79 Å². The SMILES string of the molecule is Cc1ccn(-c2ccc(NCCNC(=O)c3cc(Br)cs3)nn2)n1. The Bertz CT molecular complexity index is 829. The molecule has 0 atom stereocenters. The number of aryl methyl sites for hydroxylation is 1. The van der Waals surface area contributed by atoms with Gasteiger partial charge < -0.3 is 10.6 Å². The van der Waals surface area contributed by atoms with Gasteiger partial charge in [0.05, 0.1) is 10.6 Å². The molecule has 3 aromatic heterocycles. The zero-order chi connectivity index (χ0) is 16.9. The van der Waals surface area contributed by atoms with Crippen LogP contribution in [0.5, 0.6) is 0 Å². The molecule has 0 fully saturated rings. The van der Waals surface area contributed by atoms with E-state index >= 15 is 0 Å². The van der Waals surface area contributed by atoms with Gasteiger partial charge in [-0.25, -0.2) is 4.68 Å². The lowest BCUT2D eigenvalue weighted by molar-refractivity contribution is 0.0959. The molecule has 0 unspecified atom stereocenters. The van der Waals surface area contributed by atoms with Crippen LogP contribution in [0.25, 0.3) is 5.82 Å². The molecule has 0 aliphatic rings. The number of nitrogens with zero attached hydrogens (tertiary/aromatic N) is 4. The van der Waals surface area contributed by atoms with Crippen molar-refractivity contribution in [3.63, 3.8) is 0 Å². The molecular formula is C15H15BrN6OS. The number of hydrogen-bond acceptors (Lipinski definition) is 6. The lowest BCUT2D eigenvalue weighted by atomic mass is 10.4. The summed E-state index contributed by atoms with van der Waals surface area (Å²) in [4.78, 5) is 12.6. The number of carbonyl (C=O) groups is 1. The highest BCUT2D eigenvalue weighted by atomic mass is 79.9. The van der Waals surface area contributed by atoms with E-state index in [0.717, 1.165) is 10.2 Å². The molecule has 0 spiro atoms. The van der Waals surface area contributed by atoms with Gasteiger partial charge in [0, 0.05) is 29.1 Å². The van der Waals surface area contributed by atoms with Crippen LogP contribution in [0.3, 0.4) is 0 Å². The van der Waals surface area contributed by atoms with Gasteiger partial charge in [0.15, 0.2) is 5.82 Å². The molecule has 0 bridgehead atoms. The fourth-order valence-electron chi connectivity index (χ4n) is 1.97. The molecule has 7 nitrogen and oxygen atoms in total. The van der Waals surface area contributed by atoms with Crippen molar-refractivity contribution in [3.05, 3.63) is 50.9 Å². The van der Waals surface area contributed by atoms with Gasteiger partial charge in [0.2, 0.25) is 0 Å². The number of nitrogens with one attached hydrogen (secondary N) is 2. The number of carbonyl (C=O) groups excluding carboxylic acids is 1. The Balaban J connectivity index is 1.46. The molecule has 0 aromatic carbocycles. The molecule has 124 valence electrons. The highest BCUT2D eigenvalue weighted by Gasteiger charge is 2.07. The predicted molar refractivity (Wildman–Crippen MR) is 96.7 cm³/mol. The van der Waals surface area contributed by atoms with E-state index in [4.69, 9.17) is 0 Å². The average Bonchev–Trinajstić information content (AvgIpc) is 3.20. The fraction of sp³-hybridized carbons (Fsp3) is 0.200. The first-order valence-corrected chi connectivity index (χ1v) is 8.91. The summed E-state index contributed by atoms with van der Waals surface area (Å²) in [5.41, 5.74) is 0.924. The molecular weight excluding hydrogens is 392 g/mol. The van der Waals surface area contributed by atoms with E-state index in [1.807, 2.05) is 36.7 Å². The van der Waals surface area contributed by atoms with E-state index < -0.39 is 0 Å². The summed E-state index contributed by atoms with van der Waals surface area (Å²) in [6.45, 7) is 2.98. The van der Waals surface area contributed by atoms with E-state index in [1.54, 1.807) is 10.7 Å². The second kappa shape index (κ2) is 7.54. The number of aromatic nitrogens is 4. The minimum atomic E-state index is -0.0806. The Labute approximate surface area is 151 Å². The van der Waals surface area contributed by atoms with Crippen LogP contribution in [-0.2, 0) is 0 Å². The molecule has 24 heavy (non-hydrogen) atoms. The number of anilines is 1. The Morgan fingerprint density at radius 1 is 1.29 bits per heavy atom. The number of thiophene rings is 1. The largest absolute Gasteiger partial charge is 0.367 e. The second-order valence-corrected chi connectivity index (χ2v) is 6.82. The molecule has 0 saturated carbocycles. The summed E-state index contributed by atoms with van der Waals surface area (Å²) < 4.78 is 2.59. The third kappa shape index (κ3) is 4.18. The van der Waals surface area contributed by atoms with Gasteiger partial charge in [-0.05, 0) is 47.1 Å². The zero-order valence-electron chi connectivity index (χ0n) is 12.9. The topological polar surface area (TPSA) is 84.7 Å². The quantitative estimate of drug-likeness (QED) is 0.614. The standard InChI is InChI=1S/C15H15BrN6OS/c1-10-4-7-22(21-10)14-3-2-13(19-20-14)17-5-6-18-15(23)12-8-11(16)9-24-12/h2-4,7-9H,5-6H2,1H3,(H,17,19)(H,18,23). The minimum Gasteiger partial charge on any atom is -0.367 e. The summed E-state index contributed by atoms with van der Waals surface area (Å²) in [6, 6.07) is 7.37. The van der Waals surface area contributed by atoms with E-state index in [-0.39, 0.29) is 5.91 Å². The molecule has 2 N–H and O–H groups in total. The Morgan fingerprint density at radius 3 is 2.79 bits per heavy atom. The fourth-order valence-corrected chi connectivity index (χ4v) is 3.31. The van der Waals surface area contributed by atoms with Crippen LogP contribution < -0.4 is 10.6 Å². The lowest BCUT2D eigenvalue weighted by Crippen LogP contribution is -2.28. The minimum absolute atomic E-state index is 0.0806. The summed E-state index contributed by atoms with van der Waals surface area (Å²) in [7, 11) is 0. The van der Waals surface area contributed by atoms with Crippen molar-refractivity contribution in [2.75, 3.05) is 18.4 Å². The predicted octanol–water partition coefficient (Wildman–Crippen LogP) is 2.64. The maximum atomic E-state index is 11.9. The maximum absolute atomic E-state index is 11.9. The van der Waals surface area contributed by atoms with Gasteiger partial charge in [-0.1, -0.05) is 0 Å². The second-order valence-electron chi connectivity index (χ2n) is 4.99. The molecule has 3 rings (SSSR count). The van der Waals surface area contributed by atoms with Gasteiger partial charge in [-0.15, -0.1) is 21.5 Å². The lowest BCUT2D eigenvalue weighted by Gasteiger charge is -2.07. The van der Waals surface area contributed by atoms with Crippen LogP contribution in [0.4, 0.5) is 5.82 Å². The molecule has 1 amide bonds.